The van der Waals surface area contributed by atoms with Gasteiger partial charge in [0.1, 0.15) is 12.6 Å². The van der Waals surface area contributed by atoms with Crippen LogP contribution in [0.15, 0.2) is 85.2 Å². The Hall–Kier alpha value is -5.59. The lowest BCUT2D eigenvalue weighted by Gasteiger charge is -2.39. The maximum Gasteiger partial charge on any atom is 0.255 e. The lowest BCUT2D eigenvalue weighted by Crippen LogP contribution is -2.52. The van der Waals surface area contributed by atoms with Crippen LogP contribution in [0.1, 0.15) is 57.9 Å². The van der Waals surface area contributed by atoms with E-state index < -0.39 is 11.9 Å². The first-order valence-electron chi connectivity index (χ1n) is 22.5. The number of fused-ring (bicyclic) bond motifs is 4. The number of imide groups is 1. The van der Waals surface area contributed by atoms with Gasteiger partial charge < -0.3 is 44.3 Å². The Morgan fingerprint density at radius 1 is 0.800 bits per heavy atom. The minimum Gasteiger partial charge on any atom is -0.394 e. The number of aliphatic hydroxyl groups is 1. The second kappa shape index (κ2) is 22.5. The quantitative estimate of drug-likeness (QED) is 0.0616. The molecule has 2 fully saturated rings. The third-order valence-electron chi connectivity index (χ3n) is 12.5. The second-order valence-electron chi connectivity index (χ2n) is 16.7. The standard InChI is InChI=1S/C49H58N6O10/c56-31-43-39-13-17-54(29-33-11-15-50-16-12-33)47(39)40-28-36(7-8-42(40)52-43)35-4-1-5-37(27-35)51-46(58)32-65-26-25-64-24-23-63-22-21-62-20-19-61-18-14-34-3-2-6-38-41(34)30-55(49(38)60)44-9-10-45(57)53-48(44)59/h1-8,11-12,15-16,27-28,39,43-44,47,52,56H,9-10,13-14,17-26,29-32H2,(H,51,58)(H,53,57,59)/t39-,43-,44?,47-/m1/s1. The number of likely N-dealkylation sites (tertiary alicyclic amines) is 1. The van der Waals surface area contributed by atoms with Crippen LogP contribution in [0.4, 0.5) is 11.4 Å². The Kier molecular flexibility index (Phi) is 15.9. The minimum atomic E-state index is -0.637. The molecule has 2 saturated heterocycles. The molecule has 65 heavy (non-hydrogen) atoms. The number of hydrogen-bond donors (Lipinski definition) is 4. The van der Waals surface area contributed by atoms with E-state index in [2.05, 4.69) is 56.2 Å². The number of hydrogen-bond acceptors (Lipinski definition) is 13. The smallest absolute Gasteiger partial charge is 0.255 e. The molecule has 1 aromatic heterocycles. The van der Waals surface area contributed by atoms with Crippen molar-refractivity contribution < 1.29 is 48.0 Å². The molecule has 344 valence electrons. The zero-order valence-corrected chi connectivity index (χ0v) is 36.6. The van der Waals surface area contributed by atoms with Crippen molar-refractivity contribution in [3.8, 4) is 11.1 Å². The molecule has 0 saturated carbocycles. The number of nitrogens with one attached hydrogen (secondary N) is 3. The molecule has 5 heterocycles. The van der Waals surface area contributed by atoms with Crippen LogP contribution in [0, 0.1) is 5.92 Å². The fraction of sp³-hybridized carbons (Fsp3) is 0.449. The van der Waals surface area contributed by atoms with Crippen molar-refractivity contribution in [2.75, 3.05) is 89.9 Å². The number of nitrogens with zero attached hydrogens (tertiary/aromatic N) is 3. The van der Waals surface area contributed by atoms with E-state index in [-0.39, 0.29) is 56.0 Å². The van der Waals surface area contributed by atoms with Gasteiger partial charge in [-0.3, -0.25) is 34.4 Å². The SMILES string of the molecule is O=C1CCC(N2Cc3c(CCOCCOCCOCCOCCOCC(=O)Nc4cccc(-c5ccc6c(c5)[C@H]5[C@H](CCN5Cc5ccncc5)[C@@H](CO)N6)c4)cccc3C2=O)C(=O)N1. The van der Waals surface area contributed by atoms with E-state index >= 15 is 0 Å². The summed E-state index contributed by atoms with van der Waals surface area (Å²) in [7, 11) is 0. The highest BCUT2D eigenvalue weighted by atomic mass is 16.6. The molecule has 1 unspecified atom stereocenters. The zero-order valence-electron chi connectivity index (χ0n) is 36.6. The summed E-state index contributed by atoms with van der Waals surface area (Å²) in [6, 6.07) is 23.5. The Morgan fingerprint density at radius 2 is 1.51 bits per heavy atom. The van der Waals surface area contributed by atoms with Crippen LogP contribution in [0.3, 0.4) is 0 Å². The normalized spacial score (nSPS) is 20.3. The van der Waals surface area contributed by atoms with Gasteiger partial charge in [0.15, 0.2) is 0 Å². The van der Waals surface area contributed by atoms with E-state index in [9.17, 15) is 24.3 Å². The van der Waals surface area contributed by atoms with Crippen molar-refractivity contribution >= 4 is 35.0 Å². The molecule has 8 rings (SSSR count). The summed E-state index contributed by atoms with van der Waals surface area (Å²) in [6.07, 6.45) is 5.84. The summed E-state index contributed by atoms with van der Waals surface area (Å²) < 4.78 is 28.1. The van der Waals surface area contributed by atoms with Crippen molar-refractivity contribution in [2.24, 2.45) is 5.92 Å². The van der Waals surface area contributed by atoms with Crippen molar-refractivity contribution in [1.29, 1.82) is 0 Å². The van der Waals surface area contributed by atoms with E-state index in [0.717, 1.165) is 47.5 Å². The van der Waals surface area contributed by atoms with Gasteiger partial charge in [0, 0.05) is 60.8 Å². The molecule has 4 atom stereocenters. The fourth-order valence-electron chi connectivity index (χ4n) is 9.32. The van der Waals surface area contributed by atoms with Gasteiger partial charge in [-0.1, -0.05) is 30.3 Å². The van der Waals surface area contributed by atoms with Crippen molar-refractivity contribution in [2.45, 2.75) is 56.9 Å². The summed E-state index contributed by atoms with van der Waals surface area (Å²) in [5.74, 6) is -0.864. The van der Waals surface area contributed by atoms with Crippen LogP contribution in [-0.2, 0) is 57.6 Å². The number of piperidine rings is 1. The number of amides is 4. The van der Waals surface area contributed by atoms with Gasteiger partial charge in [0.2, 0.25) is 17.7 Å². The second-order valence-corrected chi connectivity index (χ2v) is 16.7. The minimum absolute atomic E-state index is 0.00150. The Bertz CT molecular complexity index is 2280. The van der Waals surface area contributed by atoms with Gasteiger partial charge in [-0.15, -0.1) is 0 Å². The summed E-state index contributed by atoms with van der Waals surface area (Å²) in [5, 5.41) is 19.1. The molecular formula is C49H58N6O10. The number of ether oxygens (including phenoxy) is 5. The van der Waals surface area contributed by atoms with Crippen LogP contribution in [-0.4, -0.2) is 135 Å². The van der Waals surface area contributed by atoms with Crippen LogP contribution in [0.2, 0.25) is 0 Å². The number of carbonyl (C=O) groups excluding carboxylic acids is 4. The Balaban J connectivity index is 0.663. The van der Waals surface area contributed by atoms with Crippen molar-refractivity contribution in [3.63, 3.8) is 0 Å². The number of benzene rings is 3. The summed E-state index contributed by atoms with van der Waals surface area (Å²) >= 11 is 0. The Morgan fingerprint density at radius 3 is 2.25 bits per heavy atom. The molecule has 4 N–H and O–H groups in total. The molecule has 0 aliphatic carbocycles. The highest BCUT2D eigenvalue weighted by Crippen LogP contribution is 2.48. The third kappa shape index (κ3) is 11.6. The number of anilines is 2. The largest absolute Gasteiger partial charge is 0.394 e. The number of pyridine rings is 1. The summed E-state index contributed by atoms with van der Waals surface area (Å²) in [4.78, 5) is 58.0. The van der Waals surface area contributed by atoms with Gasteiger partial charge in [-0.2, -0.15) is 0 Å². The monoisotopic (exact) mass is 890 g/mol. The van der Waals surface area contributed by atoms with Crippen molar-refractivity contribution in [1.82, 2.24) is 20.1 Å². The van der Waals surface area contributed by atoms with Gasteiger partial charge in [0.25, 0.3) is 5.91 Å². The maximum atomic E-state index is 13.0. The maximum absolute atomic E-state index is 13.0. The molecule has 4 amide bonds. The molecule has 4 aliphatic rings. The number of carbonyl (C=O) groups is 4. The number of rotatable bonds is 23. The van der Waals surface area contributed by atoms with Gasteiger partial charge >= 0.3 is 0 Å². The topological polar surface area (TPSA) is 190 Å². The zero-order chi connectivity index (χ0) is 45.0. The average Bonchev–Trinajstić information content (AvgIpc) is 3.89. The molecule has 4 aliphatic heterocycles. The predicted molar refractivity (Wildman–Crippen MR) is 241 cm³/mol. The molecule has 4 aromatic rings. The van der Waals surface area contributed by atoms with Crippen molar-refractivity contribution in [3.05, 3.63) is 113 Å². The lowest BCUT2D eigenvalue weighted by atomic mass is 9.82. The van der Waals surface area contributed by atoms with Crippen LogP contribution < -0.4 is 16.0 Å². The van der Waals surface area contributed by atoms with Gasteiger partial charge in [-0.05, 0) is 102 Å². The first kappa shape index (κ1) is 46.0. The highest BCUT2D eigenvalue weighted by molar-refractivity contribution is 6.05. The van der Waals surface area contributed by atoms with Crippen LogP contribution in [0.25, 0.3) is 11.1 Å². The summed E-state index contributed by atoms with van der Waals surface area (Å²) in [5.41, 5.74) is 8.72. The molecule has 0 radical (unpaired) electrons. The fourth-order valence-corrected chi connectivity index (χ4v) is 9.32. The van der Waals surface area contributed by atoms with E-state index in [1.165, 1.54) is 11.1 Å². The molecule has 3 aromatic carbocycles. The highest BCUT2D eigenvalue weighted by Gasteiger charge is 2.44. The number of aliphatic hydroxyl groups excluding tert-OH is 1. The molecule has 16 heteroatoms. The average molecular weight is 891 g/mol. The van der Waals surface area contributed by atoms with Gasteiger partial charge in [-0.25, -0.2) is 0 Å². The predicted octanol–water partition coefficient (Wildman–Crippen LogP) is 4.12. The van der Waals surface area contributed by atoms with E-state index in [0.29, 0.717) is 89.4 Å². The molecule has 0 spiro atoms. The van der Waals surface area contributed by atoms with Gasteiger partial charge in [0.05, 0.1) is 72.1 Å². The van der Waals surface area contributed by atoms with Crippen LogP contribution in [0.5, 0.6) is 0 Å². The lowest BCUT2D eigenvalue weighted by molar-refractivity contribution is -0.137. The first-order chi connectivity index (χ1) is 31.9. The van der Waals surface area contributed by atoms with E-state index in [4.69, 9.17) is 23.7 Å². The summed E-state index contributed by atoms with van der Waals surface area (Å²) in [6.45, 7) is 5.60. The third-order valence-corrected chi connectivity index (χ3v) is 12.5. The van der Waals surface area contributed by atoms with Crippen LogP contribution >= 0.6 is 0 Å². The number of aromatic nitrogens is 1. The molecule has 0 bridgehead atoms. The first-order valence-corrected chi connectivity index (χ1v) is 22.5. The van der Waals surface area contributed by atoms with E-state index in [1.54, 1.807) is 11.0 Å². The Labute approximate surface area is 378 Å². The molecular weight excluding hydrogens is 833 g/mol. The molecule has 16 nitrogen and oxygen atoms in total. The van der Waals surface area contributed by atoms with E-state index in [1.807, 2.05) is 48.8 Å².